The zero-order valence-corrected chi connectivity index (χ0v) is 8.10. The van der Waals surface area contributed by atoms with Gasteiger partial charge in [0.2, 0.25) is 18.2 Å². The maximum Gasteiger partial charge on any atom is 0.249 e. The molecule has 0 saturated heterocycles. The molecule has 2 rings (SSSR count). The summed E-state index contributed by atoms with van der Waals surface area (Å²) in [5.74, 6) is 0.892. The van der Waals surface area contributed by atoms with Crippen LogP contribution in [0.3, 0.4) is 0 Å². The Kier molecular flexibility index (Phi) is 2.45. The van der Waals surface area contributed by atoms with Gasteiger partial charge in [0.25, 0.3) is 0 Å². The minimum absolute atomic E-state index is 0.400. The Morgan fingerprint density at radius 2 is 2.13 bits per heavy atom. The average Bonchev–Trinajstić information content (AvgIpc) is 2.66. The predicted molar refractivity (Wildman–Crippen MR) is 54.2 cm³/mol. The smallest absolute Gasteiger partial charge is 0.249 e. The van der Waals surface area contributed by atoms with Gasteiger partial charge in [-0.25, -0.2) is 0 Å². The fourth-order valence-corrected chi connectivity index (χ4v) is 1.26. The second kappa shape index (κ2) is 3.91. The van der Waals surface area contributed by atoms with Gasteiger partial charge in [-0.15, -0.1) is 10.2 Å². The molecule has 1 aromatic carbocycles. The number of aryl methyl sites for hydroxylation is 1. The van der Waals surface area contributed by atoms with E-state index in [2.05, 4.69) is 15.5 Å². The van der Waals surface area contributed by atoms with Crippen molar-refractivity contribution in [1.82, 2.24) is 10.2 Å². The predicted octanol–water partition coefficient (Wildman–Crippen LogP) is 1.61. The normalized spacial score (nSPS) is 9.93. The number of nitrogens with zero attached hydrogens (tertiary/aromatic N) is 2. The summed E-state index contributed by atoms with van der Waals surface area (Å²) >= 11 is 0. The number of hydrogen-bond acceptors (Lipinski definition) is 4. The number of carbonyl (C=O) groups excluding carboxylic acids is 1. The van der Waals surface area contributed by atoms with Crippen molar-refractivity contribution >= 4 is 12.1 Å². The molecule has 1 amide bonds. The first-order valence-electron chi connectivity index (χ1n) is 4.41. The molecule has 5 nitrogen and oxygen atoms in total. The zero-order chi connectivity index (χ0) is 10.7. The number of amides is 1. The lowest BCUT2D eigenvalue weighted by Crippen LogP contribution is -1.95. The van der Waals surface area contributed by atoms with E-state index in [9.17, 15) is 4.79 Å². The van der Waals surface area contributed by atoms with Gasteiger partial charge in [0.15, 0.2) is 0 Å². The molecule has 0 saturated carbocycles. The first-order valence-corrected chi connectivity index (χ1v) is 4.41. The van der Waals surface area contributed by atoms with E-state index >= 15 is 0 Å². The van der Waals surface area contributed by atoms with Gasteiger partial charge in [0, 0.05) is 6.92 Å². The number of hydrogen-bond donors (Lipinski definition) is 1. The molecule has 0 aliphatic carbocycles. The van der Waals surface area contributed by atoms with Crippen LogP contribution in [0.2, 0.25) is 0 Å². The van der Waals surface area contributed by atoms with Crippen molar-refractivity contribution in [2.45, 2.75) is 6.92 Å². The van der Waals surface area contributed by atoms with Crippen molar-refractivity contribution < 1.29 is 9.21 Å². The maximum absolute atomic E-state index is 10.4. The van der Waals surface area contributed by atoms with E-state index in [0.29, 0.717) is 29.4 Å². The Balaban J connectivity index is 2.47. The van der Waals surface area contributed by atoms with Crippen molar-refractivity contribution in [3.8, 4) is 11.5 Å². The Bertz CT molecular complexity index is 479. The molecule has 76 valence electrons. The number of nitrogens with one attached hydrogen (secondary N) is 1. The van der Waals surface area contributed by atoms with Crippen molar-refractivity contribution in [1.29, 1.82) is 0 Å². The van der Waals surface area contributed by atoms with E-state index in [1.807, 2.05) is 12.1 Å². The maximum atomic E-state index is 10.4. The quantitative estimate of drug-likeness (QED) is 0.769. The van der Waals surface area contributed by atoms with Gasteiger partial charge in [0.05, 0.1) is 11.3 Å². The van der Waals surface area contributed by atoms with E-state index in [-0.39, 0.29) is 0 Å². The lowest BCUT2D eigenvalue weighted by molar-refractivity contribution is -0.105. The van der Waals surface area contributed by atoms with E-state index in [0.717, 1.165) is 0 Å². The van der Waals surface area contributed by atoms with Crippen LogP contribution in [0.15, 0.2) is 28.7 Å². The fraction of sp³-hybridized carbons (Fsp3) is 0.100. The van der Waals surface area contributed by atoms with Gasteiger partial charge in [-0.2, -0.15) is 0 Å². The summed E-state index contributed by atoms with van der Waals surface area (Å²) in [5, 5.41) is 10.2. The summed E-state index contributed by atoms with van der Waals surface area (Å²) in [6.07, 6.45) is 0.613. The van der Waals surface area contributed by atoms with E-state index < -0.39 is 0 Å². The Hall–Kier alpha value is -2.17. The van der Waals surface area contributed by atoms with Crippen molar-refractivity contribution in [3.05, 3.63) is 30.2 Å². The van der Waals surface area contributed by atoms with E-state index in [1.165, 1.54) is 0 Å². The number of rotatable bonds is 3. The van der Waals surface area contributed by atoms with Crippen molar-refractivity contribution in [2.24, 2.45) is 0 Å². The molecule has 1 N–H and O–H groups in total. The number of benzene rings is 1. The van der Waals surface area contributed by atoms with Crippen LogP contribution in [-0.4, -0.2) is 16.6 Å². The van der Waals surface area contributed by atoms with Gasteiger partial charge < -0.3 is 9.73 Å². The highest BCUT2D eigenvalue weighted by Gasteiger charge is 2.09. The van der Waals surface area contributed by atoms with Crippen LogP contribution in [0.25, 0.3) is 11.5 Å². The largest absolute Gasteiger partial charge is 0.421 e. The first kappa shape index (κ1) is 9.39. The summed E-state index contributed by atoms with van der Waals surface area (Å²) in [5.41, 5.74) is 1.36. The van der Waals surface area contributed by atoms with Crippen LogP contribution in [0.4, 0.5) is 5.69 Å². The molecular formula is C10H9N3O2. The number of carbonyl (C=O) groups is 1. The molecule has 1 aromatic heterocycles. The highest BCUT2D eigenvalue weighted by atomic mass is 16.4. The summed E-state index contributed by atoms with van der Waals surface area (Å²) < 4.78 is 5.28. The second-order valence-corrected chi connectivity index (χ2v) is 2.93. The average molecular weight is 203 g/mol. The molecule has 0 fully saturated rings. The van der Waals surface area contributed by atoms with Gasteiger partial charge in [-0.1, -0.05) is 12.1 Å². The molecule has 0 atom stereocenters. The third-order valence-corrected chi connectivity index (χ3v) is 1.90. The Labute approximate surface area is 86.1 Å². The van der Waals surface area contributed by atoms with Gasteiger partial charge >= 0.3 is 0 Å². The Morgan fingerprint density at radius 3 is 2.80 bits per heavy atom. The highest BCUT2D eigenvalue weighted by molar-refractivity contribution is 5.82. The lowest BCUT2D eigenvalue weighted by atomic mass is 10.2. The topological polar surface area (TPSA) is 68.0 Å². The third kappa shape index (κ3) is 1.85. The van der Waals surface area contributed by atoms with Crippen LogP contribution in [-0.2, 0) is 4.79 Å². The molecule has 2 aromatic rings. The first-order chi connectivity index (χ1) is 7.31. The van der Waals surface area contributed by atoms with Crippen LogP contribution < -0.4 is 5.32 Å². The minimum Gasteiger partial charge on any atom is -0.421 e. The molecule has 1 heterocycles. The van der Waals surface area contributed by atoms with Crippen molar-refractivity contribution in [3.63, 3.8) is 0 Å². The molecule has 0 bridgehead atoms. The van der Waals surface area contributed by atoms with Crippen LogP contribution in [0.5, 0.6) is 0 Å². The summed E-state index contributed by atoms with van der Waals surface area (Å²) in [7, 11) is 0. The number of anilines is 1. The molecule has 0 unspecified atom stereocenters. The van der Waals surface area contributed by atoms with Gasteiger partial charge in [-0.3, -0.25) is 4.79 Å². The van der Waals surface area contributed by atoms with Crippen molar-refractivity contribution in [2.75, 3.05) is 5.32 Å². The van der Waals surface area contributed by atoms with E-state index in [4.69, 9.17) is 4.42 Å². The molecule has 5 heteroatoms. The molecule has 0 aliphatic rings. The number of para-hydroxylation sites is 1. The third-order valence-electron chi connectivity index (χ3n) is 1.90. The lowest BCUT2D eigenvalue weighted by Gasteiger charge is -2.02. The molecule has 0 radical (unpaired) electrons. The number of aromatic nitrogens is 2. The van der Waals surface area contributed by atoms with Crippen LogP contribution >= 0.6 is 0 Å². The Morgan fingerprint density at radius 1 is 1.33 bits per heavy atom. The van der Waals surface area contributed by atoms with E-state index in [1.54, 1.807) is 19.1 Å². The molecular weight excluding hydrogens is 194 g/mol. The van der Waals surface area contributed by atoms with Crippen LogP contribution in [0.1, 0.15) is 5.89 Å². The van der Waals surface area contributed by atoms with Crippen LogP contribution in [0, 0.1) is 6.92 Å². The van der Waals surface area contributed by atoms with Gasteiger partial charge in [-0.05, 0) is 12.1 Å². The fourth-order valence-electron chi connectivity index (χ4n) is 1.26. The molecule has 0 aliphatic heterocycles. The molecule has 0 spiro atoms. The standard InChI is InChI=1S/C10H9N3O2/c1-7-12-13-10(15-7)8-4-2-3-5-9(8)11-6-14/h2-6H,1H3,(H,11,14). The SMILES string of the molecule is Cc1nnc(-c2ccccc2NC=O)o1. The monoisotopic (exact) mass is 203 g/mol. The second-order valence-electron chi connectivity index (χ2n) is 2.93. The summed E-state index contributed by atoms with van der Waals surface area (Å²) in [4.78, 5) is 10.4. The highest BCUT2D eigenvalue weighted by Crippen LogP contribution is 2.25. The van der Waals surface area contributed by atoms with Gasteiger partial charge in [0.1, 0.15) is 0 Å². The zero-order valence-electron chi connectivity index (χ0n) is 8.10. The summed E-state index contributed by atoms with van der Waals surface area (Å²) in [6, 6.07) is 7.23. The minimum atomic E-state index is 0.400. The molecule has 15 heavy (non-hydrogen) atoms. The summed E-state index contributed by atoms with van der Waals surface area (Å²) in [6.45, 7) is 1.71.